The van der Waals surface area contributed by atoms with Crippen LogP contribution < -0.4 is 0 Å². The van der Waals surface area contributed by atoms with Crippen LogP contribution in [0.4, 0.5) is 0 Å². The van der Waals surface area contributed by atoms with Crippen LogP contribution in [0.3, 0.4) is 0 Å². The first-order valence-corrected chi connectivity index (χ1v) is 14.9. The second kappa shape index (κ2) is 10.9. The van der Waals surface area contributed by atoms with Gasteiger partial charge in [-0.3, -0.25) is 0 Å². The Balaban J connectivity index is 1.34. The topological polar surface area (TPSA) is 0 Å². The first-order valence-electron chi connectivity index (χ1n) is 21.4. The van der Waals surface area contributed by atoms with Gasteiger partial charge in [0.1, 0.15) is 0 Å². The number of benzene rings is 9. The molecule has 0 fully saturated rings. The van der Waals surface area contributed by atoms with Gasteiger partial charge in [-0.1, -0.05) is 176 Å². The van der Waals surface area contributed by atoms with Gasteiger partial charge in [-0.25, -0.2) is 0 Å². The third kappa shape index (κ3) is 4.30. The van der Waals surface area contributed by atoms with Crippen LogP contribution in [-0.2, 0) is 0 Å². The number of hydrogen-bond acceptors (Lipinski definition) is 0. The van der Waals surface area contributed by atoms with Crippen LogP contribution in [0.5, 0.6) is 0 Å². The maximum atomic E-state index is 9.22. The average molecular weight is 596 g/mol. The van der Waals surface area contributed by atoms with Gasteiger partial charge in [0.05, 0.1) is 17.8 Å². The summed E-state index contributed by atoms with van der Waals surface area (Å²) in [6.45, 7) is 0. The average Bonchev–Trinajstić information content (AvgIpc) is 3.26. The summed E-state index contributed by atoms with van der Waals surface area (Å²) >= 11 is 0. The Morgan fingerprint density at radius 3 is 1.37 bits per heavy atom. The number of hydrogen-bond donors (Lipinski definition) is 0. The minimum Gasteiger partial charge on any atom is -0.0622 e. The molecule has 0 amide bonds. The summed E-state index contributed by atoms with van der Waals surface area (Å²) in [5.74, 6) is 0. The lowest BCUT2D eigenvalue weighted by Gasteiger charge is -2.18. The van der Waals surface area contributed by atoms with Gasteiger partial charge in [0.25, 0.3) is 0 Å². The highest BCUT2D eigenvalue weighted by Crippen LogP contribution is 2.44. The highest BCUT2D eigenvalue weighted by molar-refractivity contribution is 6.21. The highest BCUT2D eigenvalue weighted by Gasteiger charge is 2.17. The van der Waals surface area contributed by atoms with Crippen molar-refractivity contribution in [2.75, 3.05) is 0 Å². The first kappa shape index (κ1) is 16.4. The van der Waals surface area contributed by atoms with Crippen molar-refractivity contribution in [3.8, 4) is 44.5 Å². The summed E-state index contributed by atoms with van der Waals surface area (Å²) < 4.78 is 114. The molecular weight excluding hydrogens is 553 g/mol. The van der Waals surface area contributed by atoms with Crippen LogP contribution in [0.25, 0.3) is 87.6 Å². The van der Waals surface area contributed by atoms with Crippen molar-refractivity contribution in [3.63, 3.8) is 0 Å². The maximum Gasteiger partial charge on any atom is 0.0629 e. The maximum absolute atomic E-state index is 9.22. The van der Waals surface area contributed by atoms with Gasteiger partial charge in [-0.05, 0) is 93.7 Å². The molecule has 9 aromatic rings. The lowest BCUT2D eigenvalue weighted by atomic mass is 9.85. The molecule has 214 valence electrons. The second-order valence-electron chi connectivity index (χ2n) is 11.1. The van der Waals surface area contributed by atoms with Gasteiger partial charge >= 0.3 is 0 Å². The molecule has 0 atom stereocenters. The van der Waals surface area contributed by atoms with Crippen LogP contribution in [-0.4, -0.2) is 0 Å². The van der Waals surface area contributed by atoms with Crippen molar-refractivity contribution < 1.29 is 17.8 Å². The summed E-state index contributed by atoms with van der Waals surface area (Å²) in [7, 11) is 0. The third-order valence-electron chi connectivity index (χ3n) is 8.59. The normalized spacial score (nSPS) is 15.4. The summed E-state index contributed by atoms with van der Waals surface area (Å²) in [5, 5.41) is 3.60. The van der Waals surface area contributed by atoms with Gasteiger partial charge < -0.3 is 0 Å². The standard InChI is InChI=1S/C46H30/c1-2-13-33(14-3-1)45-41-18-8-10-20-43(41)46(44-21-11-9-19-42(44)45)34-25-23-32(24-26-34)37-28-29-38(40-17-7-6-16-39(37)40)36-27-22-31-12-4-5-15-35(31)30-36/h1-30H/i1D,2D,3D,8D,9D,10D,11D,13D,14D,18D,19D,20D,21D. The fraction of sp³-hybridized carbons (Fsp3) is 0. The van der Waals surface area contributed by atoms with Gasteiger partial charge in [-0.15, -0.1) is 0 Å². The molecule has 0 aliphatic rings. The minimum absolute atomic E-state index is 0.0909. The monoisotopic (exact) mass is 595 g/mol. The molecule has 46 heavy (non-hydrogen) atoms. The van der Waals surface area contributed by atoms with Crippen LogP contribution in [0, 0.1) is 0 Å². The molecular formula is C46H30. The Hall–Kier alpha value is -5.98. The van der Waals surface area contributed by atoms with E-state index in [0.29, 0.717) is 5.56 Å². The Bertz CT molecular complexity index is 3190. The van der Waals surface area contributed by atoms with Crippen LogP contribution in [0.1, 0.15) is 17.8 Å². The van der Waals surface area contributed by atoms with E-state index in [1.165, 1.54) is 0 Å². The molecule has 0 N–H and O–H groups in total. The zero-order chi connectivity index (χ0) is 41.8. The van der Waals surface area contributed by atoms with E-state index in [9.17, 15) is 2.74 Å². The minimum atomic E-state index is -0.707. The van der Waals surface area contributed by atoms with Gasteiger partial charge in [0.15, 0.2) is 0 Å². The predicted molar refractivity (Wildman–Crippen MR) is 198 cm³/mol. The zero-order valence-corrected chi connectivity index (χ0v) is 24.3. The van der Waals surface area contributed by atoms with Crippen LogP contribution in [0.2, 0.25) is 0 Å². The van der Waals surface area contributed by atoms with E-state index in [-0.39, 0.29) is 32.7 Å². The van der Waals surface area contributed by atoms with Gasteiger partial charge in [-0.2, -0.15) is 0 Å². The molecule has 0 saturated carbocycles. The van der Waals surface area contributed by atoms with E-state index in [1.54, 1.807) is 12.1 Å². The van der Waals surface area contributed by atoms with E-state index < -0.39 is 84.1 Å². The summed E-state index contributed by atoms with van der Waals surface area (Å²) in [6, 6.07) is 25.8. The fourth-order valence-electron chi connectivity index (χ4n) is 6.51. The molecule has 0 aliphatic heterocycles. The van der Waals surface area contributed by atoms with E-state index in [2.05, 4.69) is 54.6 Å². The molecule has 0 heterocycles. The molecule has 0 aliphatic carbocycles. The SMILES string of the molecule is [2H]c1c([2H])c([2H])c(-c2c3c([2H])c([2H])c([2H])c([2H])c3c(-c3ccc(-c4ccc(-c5ccc6ccccc6c5)c5ccccc45)cc3)c3c([2H])c([2H])c([2H])c([2H])c23)c([2H])c1[2H]. The lowest BCUT2D eigenvalue weighted by molar-refractivity contribution is 1.62. The molecule has 0 unspecified atom stereocenters. The quantitative estimate of drug-likeness (QED) is 0.178. The Kier molecular flexibility index (Phi) is 3.87. The molecule has 0 aromatic heterocycles. The Morgan fingerprint density at radius 2 is 0.761 bits per heavy atom. The fourth-order valence-corrected chi connectivity index (χ4v) is 6.51. The Labute approximate surface area is 287 Å². The molecule has 0 spiro atoms. The molecule has 9 aromatic carbocycles. The van der Waals surface area contributed by atoms with Crippen molar-refractivity contribution in [3.05, 3.63) is 182 Å². The smallest absolute Gasteiger partial charge is 0.0622 e. The number of rotatable bonds is 4. The molecule has 0 radical (unpaired) electrons. The van der Waals surface area contributed by atoms with E-state index >= 15 is 0 Å². The number of fused-ring (bicyclic) bond motifs is 4. The van der Waals surface area contributed by atoms with E-state index in [0.717, 1.165) is 43.8 Å². The van der Waals surface area contributed by atoms with Crippen molar-refractivity contribution in [2.24, 2.45) is 0 Å². The highest BCUT2D eigenvalue weighted by atomic mass is 14.2. The predicted octanol–water partition coefficient (Wildman–Crippen LogP) is 13.0. The van der Waals surface area contributed by atoms with E-state index in [4.69, 9.17) is 15.1 Å². The molecule has 0 bridgehead atoms. The first-order chi connectivity index (χ1) is 28.2. The molecule has 0 heteroatoms. The summed E-state index contributed by atoms with van der Waals surface area (Å²) in [6.07, 6.45) is 0. The molecule has 0 saturated heterocycles. The Morgan fingerprint density at radius 1 is 0.304 bits per heavy atom. The van der Waals surface area contributed by atoms with Crippen LogP contribution >= 0.6 is 0 Å². The third-order valence-corrected chi connectivity index (χ3v) is 8.59. The molecule has 9 rings (SSSR count). The second-order valence-corrected chi connectivity index (χ2v) is 11.1. The zero-order valence-electron chi connectivity index (χ0n) is 37.3. The van der Waals surface area contributed by atoms with Gasteiger partial charge in [0.2, 0.25) is 0 Å². The largest absolute Gasteiger partial charge is 0.0629 e. The van der Waals surface area contributed by atoms with Gasteiger partial charge in [0, 0.05) is 0 Å². The lowest BCUT2D eigenvalue weighted by Crippen LogP contribution is -1.91. The summed E-state index contributed by atoms with van der Waals surface area (Å²) in [4.78, 5) is 0. The van der Waals surface area contributed by atoms with Crippen LogP contribution in [0.15, 0.2) is 182 Å². The summed E-state index contributed by atoms with van der Waals surface area (Å²) in [5.41, 5.74) is 3.60. The molecule has 0 nitrogen and oxygen atoms in total. The van der Waals surface area contributed by atoms with Crippen molar-refractivity contribution in [2.45, 2.75) is 0 Å². The van der Waals surface area contributed by atoms with Crippen molar-refractivity contribution in [1.82, 2.24) is 0 Å². The van der Waals surface area contributed by atoms with E-state index in [1.807, 2.05) is 36.4 Å². The van der Waals surface area contributed by atoms with Crippen molar-refractivity contribution >= 4 is 43.1 Å². The van der Waals surface area contributed by atoms with Crippen molar-refractivity contribution in [1.29, 1.82) is 0 Å².